The number of piperidine rings is 1. The third kappa shape index (κ3) is 3.02. The SMILES string of the molecule is CCN1CCCC(NCc2cnc3cnc(Br)cn23)C1. The van der Waals surface area contributed by atoms with Gasteiger partial charge in [0.15, 0.2) is 5.65 Å². The lowest BCUT2D eigenvalue weighted by Gasteiger charge is -2.32. The van der Waals surface area contributed by atoms with Crippen LogP contribution in [-0.4, -0.2) is 44.9 Å². The topological polar surface area (TPSA) is 45.5 Å². The molecule has 0 saturated carbocycles. The number of fused-ring (bicyclic) bond motifs is 1. The van der Waals surface area contributed by atoms with Gasteiger partial charge in [-0.05, 0) is 41.9 Å². The number of hydrogen-bond acceptors (Lipinski definition) is 4. The molecule has 1 aliphatic rings. The van der Waals surface area contributed by atoms with Gasteiger partial charge in [-0.3, -0.25) is 4.40 Å². The Morgan fingerprint density at radius 1 is 1.40 bits per heavy atom. The van der Waals surface area contributed by atoms with Gasteiger partial charge in [-0.1, -0.05) is 6.92 Å². The number of halogens is 1. The Morgan fingerprint density at radius 3 is 3.15 bits per heavy atom. The van der Waals surface area contributed by atoms with Gasteiger partial charge in [0.05, 0.1) is 18.1 Å². The number of imidazole rings is 1. The molecule has 1 atom stereocenters. The lowest BCUT2D eigenvalue weighted by atomic mass is 10.1. The number of rotatable bonds is 4. The van der Waals surface area contributed by atoms with Crippen LogP contribution in [0.1, 0.15) is 25.5 Å². The van der Waals surface area contributed by atoms with E-state index in [1.165, 1.54) is 25.1 Å². The van der Waals surface area contributed by atoms with E-state index in [9.17, 15) is 0 Å². The predicted molar refractivity (Wildman–Crippen MR) is 82.7 cm³/mol. The summed E-state index contributed by atoms with van der Waals surface area (Å²) in [7, 11) is 0. The highest BCUT2D eigenvalue weighted by Gasteiger charge is 2.18. The molecular weight excluding hydrogens is 318 g/mol. The molecule has 3 heterocycles. The van der Waals surface area contributed by atoms with Gasteiger partial charge in [0.1, 0.15) is 4.60 Å². The van der Waals surface area contributed by atoms with Gasteiger partial charge < -0.3 is 10.2 Å². The zero-order valence-corrected chi connectivity index (χ0v) is 13.3. The normalized spacial score (nSPS) is 20.6. The average Bonchev–Trinajstić information content (AvgIpc) is 2.87. The molecule has 0 aliphatic carbocycles. The van der Waals surface area contributed by atoms with Crippen molar-refractivity contribution in [1.82, 2.24) is 24.6 Å². The molecule has 0 spiro atoms. The molecule has 2 aromatic rings. The molecule has 1 saturated heterocycles. The molecule has 0 radical (unpaired) electrons. The fraction of sp³-hybridized carbons (Fsp3) is 0.571. The highest BCUT2D eigenvalue weighted by Crippen LogP contribution is 2.13. The Kier molecular flexibility index (Phi) is 4.33. The zero-order chi connectivity index (χ0) is 13.9. The number of nitrogens with one attached hydrogen (secondary N) is 1. The highest BCUT2D eigenvalue weighted by molar-refractivity contribution is 9.10. The summed E-state index contributed by atoms with van der Waals surface area (Å²) in [6, 6.07) is 0.583. The van der Waals surface area contributed by atoms with Gasteiger partial charge in [-0.15, -0.1) is 0 Å². The number of likely N-dealkylation sites (N-methyl/N-ethyl adjacent to an activating group) is 1. The van der Waals surface area contributed by atoms with E-state index in [0.717, 1.165) is 29.9 Å². The molecule has 5 nitrogen and oxygen atoms in total. The summed E-state index contributed by atoms with van der Waals surface area (Å²) >= 11 is 3.41. The van der Waals surface area contributed by atoms with E-state index in [-0.39, 0.29) is 0 Å². The first-order valence-electron chi connectivity index (χ1n) is 7.19. The molecule has 2 aromatic heterocycles. The summed E-state index contributed by atoms with van der Waals surface area (Å²) in [6.45, 7) is 6.62. The van der Waals surface area contributed by atoms with E-state index < -0.39 is 0 Å². The van der Waals surface area contributed by atoms with Crippen molar-refractivity contribution in [2.45, 2.75) is 32.4 Å². The van der Waals surface area contributed by atoms with Crippen molar-refractivity contribution < 1.29 is 0 Å². The second-order valence-electron chi connectivity index (χ2n) is 5.30. The maximum atomic E-state index is 4.38. The molecule has 1 unspecified atom stereocenters. The standard InChI is InChI=1S/C14H20BrN5/c1-2-19-5-3-4-11(9-19)16-6-12-7-18-14-8-17-13(15)10-20(12)14/h7-8,10-11,16H,2-6,9H2,1H3. The minimum Gasteiger partial charge on any atom is -0.307 e. The first kappa shape index (κ1) is 14.0. The van der Waals surface area contributed by atoms with Crippen LogP contribution in [0.25, 0.3) is 5.65 Å². The molecule has 6 heteroatoms. The smallest absolute Gasteiger partial charge is 0.155 e. The van der Waals surface area contributed by atoms with Gasteiger partial charge in [0.2, 0.25) is 0 Å². The second-order valence-corrected chi connectivity index (χ2v) is 6.11. The van der Waals surface area contributed by atoms with Crippen molar-refractivity contribution in [3.05, 3.63) is 28.9 Å². The predicted octanol–water partition coefficient (Wildman–Crippen LogP) is 2.07. The Balaban J connectivity index is 1.66. The van der Waals surface area contributed by atoms with Crippen molar-refractivity contribution >= 4 is 21.6 Å². The first-order chi connectivity index (χ1) is 9.76. The average molecular weight is 338 g/mol. The molecule has 0 bridgehead atoms. The number of nitrogens with zero attached hydrogens (tertiary/aromatic N) is 4. The van der Waals surface area contributed by atoms with Crippen LogP contribution in [0, 0.1) is 0 Å². The van der Waals surface area contributed by atoms with Crippen molar-refractivity contribution in [3.8, 4) is 0 Å². The summed E-state index contributed by atoms with van der Waals surface area (Å²) in [5, 5.41) is 3.66. The van der Waals surface area contributed by atoms with E-state index in [4.69, 9.17) is 0 Å². The Bertz CT molecular complexity index is 582. The zero-order valence-electron chi connectivity index (χ0n) is 11.7. The van der Waals surface area contributed by atoms with Crippen molar-refractivity contribution in [3.63, 3.8) is 0 Å². The van der Waals surface area contributed by atoms with Crippen LogP contribution in [0.3, 0.4) is 0 Å². The third-order valence-electron chi connectivity index (χ3n) is 3.97. The molecule has 0 aromatic carbocycles. The molecule has 1 N–H and O–H groups in total. The van der Waals surface area contributed by atoms with Gasteiger partial charge in [0, 0.05) is 25.3 Å². The summed E-state index contributed by atoms with van der Waals surface area (Å²) < 4.78 is 2.92. The number of hydrogen-bond donors (Lipinski definition) is 1. The van der Waals surface area contributed by atoms with E-state index in [0.29, 0.717) is 6.04 Å². The summed E-state index contributed by atoms with van der Waals surface area (Å²) in [6.07, 6.45) is 8.23. The lowest BCUT2D eigenvalue weighted by molar-refractivity contribution is 0.198. The monoisotopic (exact) mass is 337 g/mol. The van der Waals surface area contributed by atoms with E-state index in [1.54, 1.807) is 6.20 Å². The molecule has 108 valence electrons. The fourth-order valence-electron chi connectivity index (χ4n) is 2.81. The van der Waals surface area contributed by atoms with E-state index in [1.807, 2.05) is 12.4 Å². The van der Waals surface area contributed by atoms with E-state index in [2.05, 4.69) is 47.4 Å². The maximum absolute atomic E-state index is 4.38. The van der Waals surface area contributed by atoms with Gasteiger partial charge in [-0.25, -0.2) is 9.97 Å². The molecule has 20 heavy (non-hydrogen) atoms. The molecule has 1 aliphatic heterocycles. The van der Waals surface area contributed by atoms with Gasteiger partial charge in [0.25, 0.3) is 0 Å². The molecule has 1 fully saturated rings. The maximum Gasteiger partial charge on any atom is 0.155 e. The van der Waals surface area contributed by atoms with Crippen LogP contribution in [0.15, 0.2) is 23.2 Å². The van der Waals surface area contributed by atoms with Crippen LogP contribution in [0.5, 0.6) is 0 Å². The molecular formula is C14H20BrN5. The largest absolute Gasteiger partial charge is 0.307 e. The molecule has 3 rings (SSSR count). The Labute approximate surface area is 127 Å². The quantitative estimate of drug-likeness (QED) is 0.927. The number of aromatic nitrogens is 3. The number of likely N-dealkylation sites (tertiary alicyclic amines) is 1. The lowest BCUT2D eigenvalue weighted by Crippen LogP contribution is -2.45. The Hall–Kier alpha value is -0.980. The fourth-order valence-corrected chi connectivity index (χ4v) is 3.11. The van der Waals surface area contributed by atoms with Crippen LogP contribution in [0.4, 0.5) is 0 Å². The first-order valence-corrected chi connectivity index (χ1v) is 7.99. The highest BCUT2D eigenvalue weighted by atomic mass is 79.9. The minimum absolute atomic E-state index is 0.583. The van der Waals surface area contributed by atoms with Crippen molar-refractivity contribution in [2.75, 3.05) is 19.6 Å². The van der Waals surface area contributed by atoms with Crippen LogP contribution < -0.4 is 5.32 Å². The van der Waals surface area contributed by atoms with E-state index >= 15 is 0 Å². The molecule has 0 amide bonds. The van der Waals surface area contributed by atoms with Gasteiger partial charge in [-0.2, -0.15) is 0 Å². The van der Waals surface area contributed by atoms with Crippen LogP contribution in [-0.2, 0) is 6.54 Å². The third-order valence-corrected chi connectivity index (χ3v) is 4.38. The minimum atomic E-state index is 0.583. The van der Waals surface area contributed by atoms with Crippen molar-refractivity contribution in [1.29, 1.82) is 0 Å². The van der Waals surface area contributed by atoms with Gasteiger partial charge >= 0.3 is 0 Å². The van der Waals surface area contributed by atoms with Crippen molar-refractivity contribution in [2.24, 2.45) is 0 Å². The van der Waals surface area contributed by atoms with Crippen LogP contribution in [0.2, 0.25) is 0 Å². The summed E-state index contributed by atoms with van der Waals surface area (Å²) in [5.74, 6) is 0. The summed E-state index contributed by atoms with van der Waals surface area (Å²) in [4.78, 5) is 11.1. The second kappa shape index (κ2) is 6.20. The van der Waals surface area contributed by atoms with Crippen LogP contribution >= 0.6 is 15.9 Å². The summed E-state index contributed by atoms with van der Waals surface area (Å²) in [5.41, 5.74) is 2.07. The Morgan fingerprint density at radius 2 is 2.30 bits per heavy atom.